The summed E-state index contributed by atoms with van der Waals surface area (Å²) in [6.07, 6.45) is 2.02. The minimum atomic E-state index is -0.877. The molecule has 1 aromatic rings. The molecule has 19 heavy (non-hydrogen) atoms. The lowest BCUT2D eigenvalue weighted by Gasteiger charge is -2.37. The van der Waals surface area contributed by atoms with Gasteiger partial charge in [-0.2, -0.15) is 0 Å². The predicted octanol–water partition coefficient (Wildman–Crippen LogP) is 2.14. The number of halogens is 1. The van der Waals surface area contributed by atoms with Crippen molar-refractivity contribution in [2.24, 2.45) is 5.41 Å². The highest BCUT2D eigenvalue weighted by molar-refractivity contribution is 9.10. The Morgan fingerprint density at radius 1 is 1.37 bits per heavy atom. The molecule has 0 atom stereocenters. The number of aliphatic carboxylic acids is 1. The van der Waals surface area contributed by atoms with Gasteiger partial charge >= 0.3 is 5.97 Å². The van der Waals surface area contributed by atoms with Crippen molar-refractivity contribution in [1.29, 1.82) is 0 Å². The number of carboxylic acids is 1. The largest absolute Gasteiger partial charge is 0.507 e. The topological polar surface area (TPSA) is 86.6 Å². The Balaban J connectivity index is 2.05. The molecule has 5 nitrogen and oxygen atoms in total. The molecule has 6 heteroatoms. The number of carboxylic acid groups (broad SMARTS) is 1. The lowest BCUT2D eigenvalue weighted by Crippen LogP contribution is -2.47. The van der Waals surface area contributed by atoms with E-state index in [2.05, 4.69) is 21.2 Å². The van der Waals surface area contributed by atoms with Crippen molar-refractivity contribution < 1.29 is 19.8 Å². The third kappa shape index (κ3) is 2.73. The molecular formula is C13H14BrNO4. The molecule has 0 radical (unpaired) electrons. The second-order valence-electron chi connectivity index (χ2n) is 4.78. The number of benzene rings is 1. The van der Waals surface area contributed by atoms with E-state index in [-0.39, 0.29) is 17.9 Å². The number of phenolic OH excluding ortho intramolecular Hbond substituents is 1. The molecule has 1 aliphatic rings. The van der Waals surface area contributed by atoms with Crippen molar-refractivity contribution in [3.8, 4) is 5.75 Å². The Bertz CT molecular complexity index is 525. The summed E-state index contributed by atoms with van der Waals surface area (Å²) in [5, 5.41) is 21.4. The van der Waals surface area contributed by atoms with E-state index < -0.39 is 17.3 Å². The van der Waals surface area contributed by atoms with Crippen LogP contribution in [0, 0.1) is 5.41 Å². The van der Waals surface area contributed by atoms with Crippen LogP contribution in [0.4, 0.5) is 0 Å². The molecular weight excluding hydrogens is 314 g/mol. The number of aromatic hydroxyl groups is 1. The molecule has 3 N–H and O–H groups in total. The van der Waals surface area contributed by atoms with Gasteiger partial charge in [0.2, 0.25) is 0 Å². The minimum absolute atomic E-state index is 0.0904. The van der Waals surface area contributed by atoms with Gasteiger partial charge in [-0.3, -0.25) is 9.59 Å². The number of carbonyl (C=O) groups is 2. The SMILES string of the molecule is O=C(NCC1(C(=O)O)CCC1)c1cc(Br)ccc1O. The number of hydrogen-bond acceptors (Lipinski definition) is 3. The van der Waals surface area contributed by atoms with Crippen LogP contribution in [0.15, 0.2) is 22.7 Å². The fourth-order valence-electron chi connectivity index (χ4n) is 2.10. The first-order chi connectivity index (χ1) is 8.94. The molecule has 1 amide bonds. The maximum Gasteiger partial charge on any atom is 0.311 e. The van der Waals surface area contributed by atoms with Crippen LogP contribution in [0.5, 0.6) is 5.75 Å². The minimum Gasteiger partial charge on any atom is -0.507 e. The van der Waals surface area contributed by atoms with Gasteiger partial charge < -0.3 is 15.5 Å². The highest BCUT2D eigenvalue weighted by Gasteiger charge is 2.44. The Morgan fingerprint density at radius 2 is 2.05 bits per heavy atom. The molecule has 102 valence electrons. The Hall–Kier alpha value is -1.56. The van der Waals surface area contributed by atoms with Gasteiger partial charge in [-0.15, -0.1) is 0 Å². The summed E-state index contributed by atoms with van der Waals surface area (Å²) in [5.74, 6) is -1.47. The first-order valence-corrected chi connectivity index (χ1v) is 6.74. The molecule has 1 fully saturated rings. The molecule has 1 aliphatic carbocycles. The normalized spacial score (nSPS) is 16.5. The van der Waals surface area contributed by atoms with E-state index in [1.54, 1.807) is 6.07 Å². The number of rotatable bonds is 4. The molecule has 1 saturated carbocycles. The third-order valence-corrected chi connectivity index (χ3v) is 4.05. The van der Waals surface area contributed by atoms with E-state index in [9.17, 15) is 14.7 Å². The summed E-state index contributed by atoms with van der Waals surface area (Å²) in [6.45, 7) is 0.0904. The summed E-state index contributed by atoms with van der Waals surface area (Å²) in [7, 11) is 0. The molecule has 0 heterocycles. The van der Waals surface area contributed by atoms with Crippen molar-refractivity contribution in [3.63, 3.8) is 0 Å². The molecule has 2 rings (SSSR count). The van der Waals surface area contributed by atoms with Gasteiger partial charge in [-0.05, 0) is 31.0 Å². The number of amides is 1. The van der Waals surface area contributed by atoms with Gasteiger partial charge in [0.25, 0.3) is 5.91 Å². The number of phenols is 1. The van der Waals surface area contributed by atoms with Gasteiger partial charge in [-0.1, -0.05) is 22.4 Å². The Kier molecular flexibility index (Phi) is 3.80. The standard InChI is InChI=1S/C13H14BrNO4/c14-8-2-3-10(16)9(6-8)11(17)15-7-13(12(18)19)4-1-5-13/h2-3,6,16H,1,4-5,7H2,(H,15,17)(H,18,19). The second-order valence-corrected chi connectivity index (χ2v) is 5.70. The summed E-state index contributed by atoms with van der Waals surface area (Å²) >= 11 is 3.22. The van der Waals surface area contributed by atoms with Crippen LogP contribution in [-0.2, 0) is 4.79 Å². The molecule has 1 aromatic carbocycles. The monoisotopic (exact) mass is 327 g/mol. The lowest BCUT2D eigenvalue weighted by molar-refractivity contribution is -0.153. The number of nitrogens with one attached hydrogen (secondary N) is 1. The average Bonchev–Trinajstić information content (AvgIpc) is 2.30. The first-order valence-electron chi connectivity index (χ1n) is 5.95. The Labute approximate surface area is 118 Å². The molecule has 0 saturated heterocycles. The van der Waals surface area contributed by atoms with Crippen molar-refractivity contribution in [1.82, 2.24) is 5.32 Å². The predicted molar refractivity (Wildman–Crippen MR) is 72.1 cm³/mol. The van der Waals surface area contributed by atoms with Crippen molar-refractivity contribution in [2.45, 2.75) is 19.3 Å². The zero-order valence-corrected chi connectivity index (χ0v) is 11.7. The molecule has 0 unspecified atom stereocenters. The van der Waals surface area contributed by atoms with Crippen LogP contribution in [0.3, 0.4) is 0 Å². The van der Waals surface area contributed by atoms with E-state index in [0.29, 0.717) is 17.3 Å². The van der Waals surface area contributed by atoms with E-state index >= 15 is 0 Å². The van der Waals surface area contributed by atoms with Crippen LogP contribution in [0.1, 0.15) is 29.6 Å². The average molecular weight is 328 g/mol. The summed E-state index contributed by atoms with van der Waals surface area (Å²) < 4.78 is 0.673. The number of carbonyl (C=O) groups excluding carboxylic acids is 1. The highest BCUT2D eigenvalue weighted by atomic mass is 79.9. The summed E-state index contributed by atoms with van der Waals surface area (Å²) in [5.41, 5.74) is -0.702. The first kappa shape index (κ1) is 13.9. The van der Waals surface area contributed by atoms with Crippen molar-refractivity contribution in [2.75, 3.05) is 6.54 Å². The van der Waals surface area contributed by atoms with E-state index in [1.807, 2.05) is 0 Å². The fraction of sp³-hybridized carbons (Fsp3) is 0.385. The zero-order chi connectivity index (χ0) is 14.0. The van der Waals surface area contributed by atoms with E-state index in [1.165, 1.54) is 12.1 Å². The number of hydrogen-bond donors (Lipinski definition) is 3. The van der Waals surface area contributed by atoms with Crippen LogP contribution >= 0.6 is 15.9 Å². The molecule has 0 spiro atoms. The third-order valence-electron chi connectivity index (χ3n) is 3.55. The lowest BCUT2D eigenvalue weighted by atomic mass is 9.69. The quantitative estimate of drug-likeness (QED) is 0.790. The van der Waals surface area contributed by atoms with E-state index in [4.69, 9.17) is 5.11 Å². The van der Waals surface area contributed by atoms with Crippen LogP contribution in [-0.4, -0.2) is 28.6 Å². The Morgan fingerprint density at radius 3 is 2.58 bits per heavy atom. The summed E-state index contributed by atoms with van der Waals surface area (Å²) in [4.78, 5) is 23.1. The van der Waals surface area contributed by atoms with Gasteiger partial charge in [-0.25, -0.2) is 0 Å². The van der Waals surface area contributed by atoms with Crippen LogP contribution < -0.4 is 5.32 Å². The summed E-state index contributed by atoms with van der Waals surface area (Å²) in [6, 6.07) is 4.53. The van der Waals surface area contributed by atoms with Gasteiger partial charge in [0.05, 0.1) is 11.0 Å². The zero-order valence-electron chi connectivity index (χ0n) is 10.1. The van der Waals surface area contributed by atoms with Crippen LogP contribution in [0.25, 0.3) is 0 Å². The maximum atomic E-state index is 11.9. The molecule has 0 aromatic heterocycles. The molecule has 0 aliphatic heterocycles. The fourth-order valence-corrected chi connectivity index (χ4v) is 2.47. The second kappa shape index (κ2) is 5.21. The highest BCUT2D eigenvalue weighted by Crippen LogP contribution is 2.40. The van der Waals surface area contributed by atoms with Gasteiger partial charge in [0.15, 0.2) is 0 Å². The molecule has 0 bridgehead atoms. The smallest absolute Gasteiger partial charge is 0.311 e. The van der Waals surface area contributed by atoms with Crippen LogP contribution in [0.2, 0.25) is 0 Å². The van der Waals surface area contributed by atoms with Gasteiger partial charge in [0, 0.05) is 11.0 Å². The van der Waals surface area contributed by atoms with Gasteiger partial charge in [0.1, 0.15) is 5.75 Å². The van der Waals surface area contributed by atoms with E-state index in [0.717, 1.165) is 6.42 Å². The maximum absolute atomic E-state index is 11.9. The van der Waals surface area contributed by atoms with Crippen molar-refractivity contribution in [3.05, 3.63) is 28.2 Å². The van der Waals surface area contributed by atoms with Crippen molar-refractivity contribution >= 4 is 27.8 Å².